The van der Waals surface area contributed by atoms with Crippen LogP contribution in [0.1, 0.15) is 11.1 Å². The Labute approximate surface area is 146 Å². The summed E-state index contributed by atoms with van der Waals surface area (Å²) in [4.78, 5) is 16.7. The van der Waals surface area contributed by atoms with E-state index in [4.69, 9.17) is 5.41 Å². The summed E-state index contributed by atoms with van der Waals surface area (Å²) in [5.41, 5.74) is 3.92. The molecule has 0 bridgehead atoms. The van der Waals surface area contributed by atoms with Crippen molar-refractivity contribution >= 4 is 40.3 Å². The van der Waals surface area contributed by atoms with Gasteiger partial charge in [-0.25, -0.2) is 0 Å². The number of carbonyl (C=O) groups excluding carboxylic acids is 1. The molecule has 1 heterocycles. The van der Waals surface area contributed by atoms with Gasteiger partial charge in [-0.15, -0.1) is 0 Å². The van der Waals surface area contributed by atoms with E-state index >= 15 is 0 Å². The molecule has 5 heteroatoms. The largest absolute Gasteiger partial charge is 0.378 e. The van der Waals surface area contributed by atoms with Crippen molar-refractivity contribution in [3.05, 3.63) is 64.6 Å². The van der Waals surface area contributed by atoms with Gasteiger partial charge in [0, 0.05) is 19.8 Å². The molecule has 0 unspecified atom stereocenters. The average Bonchev–Trinajstić information content (AvgIpc) is 2.83. The molecule has 0 saturated carbocycles. The number of carbonyl (C=O) groups is 1. The van der Waals surface area contributed by atoms with E-state index in [1.165, 1.54) is 16.7 Å². The predicted octanol–water partition coefficient (Wildman–Crippen LogP) is 4.12. The summed E-state index contributed by atoms with van der Waals surface area (Å²) in [6.45, 7) is 2.00. The van der Waals surface area contributed by atoms with Crippen molar-refractivity contribution in [1.82, 2.24) is 0 Å². The lowest BCUT2D eigenvalue weighted by Gasteiger charge is -2.14. The van der Waals surface area contributed by atoms with Crippen molar-refractivity contribution in [2.75, 3.05) is 23.9 Å². The van der Waals surface area contributed by atoms with Crippen molar-refractivity contribution in [3.63, 3.8) is 0 Å². The Balaban J connectivity index is 1.86. The minimum absolute atomic E-state index is 0.148. The monoisotopic (exact) mass is 337 g/mol. The highest BCUT2D eigenvalue weighted by molar-refractivity contribution is 8.19. The molecule has 1 amide bonds. The molecule has 0 spiro atoms. The number of thioether (sulfide) groups is 1. The van der Waals surface area contributed by atoms with Crippen LogP contribution in [0.25, 0.3) is 6.08 Å². The highest BCUT2D eigenvalue weighted by atomic mass is 32.2. The Morgan fingerprint density at radius 1 is 1.04 bits per heavy atom. The molecule has 4 nitrogen and oxygen atoms in total. The molecule has 122 valence electrons. The van der Waals surface area contributed by atoms with E-state index in [0.29, 0.717) is 4.91 Å². The maximum Gasteiger partial charge on any atom is 0.271 e. The van der Waals surface area contributed by atoms with Gasteiger partial charge < -0.3 is 4.90 Å². The highest BCUT2D eigenvalue weighted by Crippen LogP contribution is 2.35. The molecule has 1 saturated heterocycles. The minimum Gasteiger partial charge on any atom is -0.378 e. The molecule has 0 aromatic heterocycles. The van der Waals surface area contributed by atoms with Crippen LogP contribution in [-0.2, 0) is 4.79 Å². The van der Waals surface area contributed by atoms with Crippen molar-refractivity contribution in [2.45, 2.75) is 6.92 Å². The second-order valence-electron chi connectivity index (χ2n) is 5.88. The molecule has 1 fully saturated rings. The third-order valence-corrected chi connectivity index (χ3v) is 4.71. The molecule has 1 aliphatic rings. The number of rotatable bonds is 3. The quantitative estimate of drug-likeness (QED) is 0.857. The molecule has 2 aromatic carbocycles. The number of aryl methyl sites for hydroxylation is 1. The summed E-state index contributed by atoms with van der Waals surface area (Å²) in [6.07, 6.45) is 1.84. The number of nitrogens with zero attached hydrogens (tertiary/aromatic N) is 2. The van der Waals surface area contributed by atoms with Gasteiger partial charge in [-0.05, 0) is 54.6 Å². The second-order valence-corrected chi connectivity index (χ2v) is 6.91. The van der Waals surface area contributed by atoms with Crippen LogP contribution >= 0.6 is 11.8 Å². The SMILES string of the molecule is Cc1ccc(N2C(=N)S/C(=C\c3ccc(N(C)C)cc3)C2=O)cc1. The van der Waals surface area contributed by atoms with E-state index in [-0.39, 0.29) is 11.1 Å². The van der Waals surface area contributed by atoms with Crippen LogP contribution in [0.5, 0.6) is 0 Å². The molecule has 0 atom stereocenters. The molecule has 0 aliphatic carbocycles. The Kier molecular flexibility index (Phi) is 4.44. The standard InChI is InChI=1S/C19H19N3OS/c1-13-4-8-16(9-5-13)22-18(23)17(24-19(22)20)12-14-6-10-15(11-7-14)21(2)3/h4-12,20H,1-3H3/b17-12-,20-19?. The van der Waals surface area contributed by atoms with Crippen LogP contribution in [-0.4, -0.2) is 25.2 Å². The first-order valence-electron chi connectivity index (χ1n) is 7.62. The third-order valence-electron chi connectivity index (χ3n) is 3.82. The maximum atomic E-state index is 12.7. The number of benzene rings is 2. The van der Waals surface area contributed by atoms with Gasteiger partial charge in [-0.3, -0.25) is 15.1 Å². The summed E-state index contributed by atoms with van der Waals surface area (Å²) in [6, 6.07) is 15.6. The smallest absolute Gasteiger partial charge is 0.271 e. The van der Waals surface area contributed by atoms with Crippen LogP contribution in [0.2, 0.25) is 0 Å². The fourth-order valence-corrected chi connectivity index (χ4v) is 3.30. The van der Waals surface area contributed by atoms with Gasteiger partial charge in [0.15, 0.2) is 5.17 Å². The first-order valence-corrected chi connectivity index (χ1v) is 8.44. The van der Waals surface area contributed by atoms with E-state index in [9.17, 15) is 4.79 Å². The first kappa shape index (κ1) is 16.3. The van der Waals surface area contributed by atoms with E-state index in [1.807, 2.05) is 80.5 Å². The number of amides is 1. The minimum atomic E-state index is -0.148. The molecular weight excluding hydrogens is 318 g/mol. The molecule has 0 radical (unpaired) electrons. The van der Waals surface area contributed by atoms with Crippen molar-refractivity contribution in [2.24, 2.45) is 0 Å². The number of nitrogens with one attached hydrogen (secondary N) is 1. The normalized spacial score (nSPS) is 16.1. The van der Waals surface area contributed by atoms with Crippen LogP contribution in [0.15, 0.2) is 53.4 Å². The molecule has 3 rings (SSSR count). The van der Waals surface area contributed by atoms with Gasteiger partial charge in [0.05, 0.1) is 10.6 Å². The zero-order valence-corrected chi connectivity index (χ0v) is 14.7. The lowest BCUT2D eigenvalue weighted by atomic mass is 10.1. The number of anilines is 2. The summed E-state index contributed by atoms with van der Waals surface area (Å²) in [5, 5.41) is 8.37. The van der Waals surface area contributed by atoms with Gasteiger partial charge in [-0.2, -0.15) is 0 Å². The Hall–Kier alpha value is -2.53. The van der Waals surface area contributed by atoms with Crippen LogP contribution in [0, 0.1) is 12.3 Å². The van der Waals surface area contributed by atoms with Gasteiger partial charge in [0.25, 0.3) is 5.91 Å². The van der Waals surface area contributed by atoms with Crippen molar-refractivity contribution in [1.29, 1.82) is 5.41 Å². The van der Waals surface area contributed by atoms with Gasteiger partial charge in [-0.1, -0.05) is 29.8 Å². The zero-order chi connectivity index (χ0) is 17.3. The van der Waals surface area contributed by atoms with Crippen LogP contribution in [0.3, 0.4) is 0 Å². The molecular formula is C19H19N3OS. The summed E-state index contributed by atoms with van der Waals surface area (Å²) >= 11 is 1.20. The number of hydrogen-bond acceptors (Lipinski definition) is 4. The van der Waals surface area contributed by atoms with Gasteiger partial charge in [0.1, 0.15) is 0 Å². The second kappa shape index (κ2) is 6.53. The van der Waals surface area contributed by atoms with Crippen LogP contribution < -0.4 is 9.80 Å². The molecule has 24 heavy (non-hydrogen) atoms. The van der Waals surface area contributed by atoms with Crippen molar-refractivity contribution in [3.8, 4) is 0 Å². The summed E-state index contributed by atoms with van der Waals surface area (Å²) in [5.74, 6) is -0.148. The van der Waals surface area contributed by atoms with Crippen molar-refractivity contribution < 1.29 is 4.79 Å². The number of hydrogen-bond donors (Lipinski definition) is 1. The topological polar surface area (TPSA) is 47.4 Å². The van der Waals surface area contributed by atoms with Gasteiger partial charge in [0.2, 0.25) is 0 Å². The van der Waals surface area contributed by atoms with Gasteiger partial charge >= 0.3 is 0 Å². The lowest BCUT2D eigenvalue weighted by molar-refractivity contribution is -0.113. The average molecular weight is 337 g/mol. The Morgan fingerprint density at radius 2 is 1.67 bits per heavy atom. The fraction of sp³-hybridized carbons (Fsp3) is 0.158. The third kappa shape index (κ3) is 3.21. The van der Waals surface area contributed by atoms with E-state index in [1.54, 1.807) is 0 Å². The Bertz CT molecular complexity index is 808. The summed E-state index contributed by atoms with van der Waals surface area (Å²) < 4.78 is 0. The zero-order valence-electron chi connectivity index (χ0n) is 13.9. The number of amidine groups is 1. The molecule has 1 aliphatic heterocycles. The lowest BCUT2D eigenvalue weighted by Crippen LogP contribution is -2.28. The Morgan fingerprint density at radius 3 is 2.25 bits per heavy atom. The first-order chi connectivity index (χ1) is 11.5. The summed E-state index contributed by atoms with van der Waals surface area (Å²) in [7, 11) is 3.98. The van der Waals surface area contributed by atoms with E-state index < -0.39 is 0 Å². The maximum absolute atomic E-state index is 12.7. The van der Waals surface area contributed by atoms with E-state index in [2.05, 4.69) is 0 Å². The van der Waals surface area contributed by atoms with Crippen LogP contribution in [0.4, 0.5) is 11.4 Å². The molecule has 2 aromatic rings. The predicted molar refractivity (Wildman–Crippen MR) is 103 cm³/mol. The highest BCUT2D eigenvalue weighted by Gasteiger charge is 2.33. The van der Waals surface area contributed by atoms with E-state index in [0.717, 1.165) is 22.5 Å². The fourth-order valence-electron chi connectivity index (χ4n) is 2.44. The molecule has 1 N–H and O–H groups in total.